The number of carbonyl (C=O) groups excluding carboxylic acids is 4. The van der Waals surface area contributed by atoms with E-state index in [0.717, 1.165) is 0 Å². The van der Waals surface area contributed by atoms with Crippen LogP contribution in [0.3, 0.4) is 0 Å². The van der Waals surface area contributed by atoms with Gasteiger partial charge in [0.2, 0.25) is 5.91 Å². The first-order chi connectivity index (χ1) is 14.8. The van der Waals surface area contributed by atoms with Crippen LogP contribution in [0.25, 0.3) is 0 Å². The molecule has 2 amide bonds. The van der Waals surface area contributed by atoms with Crippen molar-refractivity contribution in [3.8, 4) is 0 Å². The number of hydrogen-bond acceptors (Lipinski definition) is 6. The lowest BCUT2D eigenvalue weighted by molar-refractivity contribution is -0.151. The predicted molar refractivity (Wildman–Crippen MR) is 114 cm³/mol. The van der Waals surface area contributed by atoms with Crippen LogP contribution in [0.4, 0.5) is 11.4 Å². The van der Waals surface area contributed by atoms with E-state index in [9.17, 15) is 19.2 Å². The zero-order chi connectivity index (χ0) is 22.5. The van der Waals surface area contributed by atoms with Gasteiger partial charge >= 0.3 is 11.9 Å². The molecule has 0 saturated carbocycles. The molecule has 2 aromatic rings. The molecule has 162 valence electrons. The fraction of sp³-hybridized carbons (Fsp3) is 0.238. The molecule has 1 fully saturated rings. The van der Waals surface area contributed by atoms with E-state index < -0.39 is 30.4 Å². The molecule has 0 aliphatic carbocycles. The second-order valence-electron chi connectivity index (χ2n) is 6.72. The highest BCUT2D eigenvalue weighted by Gasteiger charge is 2.36. The van der Waals surface area contributed by atoms with E-state index in [0.29, 0.717) is 27.0 Å². The molecule has 1 heterocycles. The molecule has 1 aliphatic heterocycles. The van der Waals surface area contributed by atoms with Crippen LogP contribution in [0, 0.1) is 5.92 Å². The average Bonchev–Trinajstić information content (AvgIpc) is 3.16. The second-order valence-corrected chi connectivity index (χ2v) is 7.57. The van der Waals surface area contributed by atoms with Crippen molar-refractivity contribution in [2.24, 2.45) is 5.92 Å². The second kappa shape index (κ2) is 9.80. The molecule has 1 aliphatic rings. The summed E-state index contributed by atoms with van der Waals surface area (Å²) < 4.78 is 9.70. The Kier molecular flexibility index (Phi) is 7.14. The summed E-state index contributed by atoms with van der Waals surface area (Å²) in [7, 11) is 1.28. The molecule has 10 heteroatoms. The number of ether oxygens (including phenoxy) is 2. The Morgan fingerprint density at radius 1 is 1.13 bits per heavy atom. The van der Waals surface area contributed by atoms with E-state index in [2.05, 4.69) is 10.1 Å². The van der Waals surface area contributed by atoms with Gasteiger partial charge in [0.15, 0.2) is 6.61 Å². The topological polar surface area (TPSA) is 102 Å². The van der Waals surface area contributed by atoms with E-state index in [1.807, 2.05) is 0 Å². The highest BCUT2D eigenvalue weighted by Crippen LogP contribution is 2.27. The maximum absolute atomic E-state index is 12.3. The Hall–Kier alpha value is -3.10. The van der Waals surface area contributed by atoms with Crippen molar-refractivity contribution in [2.75, 3.05) is 30.5 Å². The van der Waals surface area contributed by atoms with Gasteiger partial charge in [-0.05, 0) is 42.5 Å². The Bertz CT molecular complexity index is 1030. The third-order valence-corrected chi connectivity index (χ3v) is 5.17. The normalized spacial score (nSPS) is 15.5. The summed E-state index contributed by atoms with van der Waals surface area (Å²) in [5, 5.41) is 3.19. The molecule has 0 unspecified atom stereocenters. The molecule has 1 N–H and O–H groups in total. The van der Waals surface area contributed by atoms with Crippen molar-refractivity contribution in [1.29, 1.82) is 0 Å². The third kappa shape index (κ3) is 5.53. The number of halogens is 2. The van der Waals surface area contributed by atoms with Gasteiger partial charge in [-0.2, -0.15) is 0 Å². The molecule has 3 rings (SSSR count). The average molecular weight is 465 g/mol. The van der Waals surface area contributed by atoms with E-state index in [-0.39, 0.29) is 18.9 Å². The van der Waals surface area contributed by atoms with Crippen molar-refractivity contribution in [2.45, 2.75) is 6.42 Å². The number of benzene rings is 2. The summed E-state index contributed by atoms with van der Waals surface area (Å²) in [6.07, 6.45) is -0.0423. The molecule has 2 aromatic carbocycles. The number of carbonyl (C=O) groups is 4. The number of nitrogens with one attached hydrogen (secondary N) is 1. The van der Waals surface area contributed by atoms with E-state index in [1.54, 1.807) is 18.2 Å². The van der Waals surface area contributed by atoms with Crippen LogP contribution in [0.1, 0.15) is 16.8 Å². The smallest absolute Gasteiger partial charge is 0.337 e. The molecular weight excluding hydrogens is 447 g/mol. The first-order valence-electron chi connectivity index (χ1n) is 9.18. The number of hydrogen-bond donors (Lipinski definition) is 1. The van der Waals surface area contributed by atoms with Crippen LogP contribution in [0.2, 0.25) is 10.0 Å². The van der Waals surface area contributed by atoms with Crippen molar-refractivity contribution in [3.63, 3.8) is 0 Å². The van der Waals surface area contributed by atoms with Crippen LogP contribution in [-0.4, -0.2) is 44.0 Å². The lowest BCUT2D eigenvalue weighted by Crippen LogP contribution is -2.28. The van der Waals surface area contributed by atoms with Gasteiger partial charge in [-0.1, -0.05) is 23.2 Å². The van der Waals surface area contributed by atoms with Gasteiger partial charge in [0, 0.05) is 23.7 Å². The summed E-state index contributed by atoms with van der Waals surface area (Å²) >= 11 is 11.9. The Morgan fingerprint density at radius 2 is 1.84 bits per heavy atom. The summed E-state index contributed by atoms with van der Waals surface area (Å²) in [5.74, 6) is -2.71. The number of esters is 2. The number of methoxy groups -OCH3 is 1. The maximum atomic E-state index is 12.3. The van der Waals surface area contributed by atoms with Crippen molar-refractivity contribution in [3.05, 3.63) is 58.1 Å². The highest BCUT2D eigenvalue weighted by molar-refractivity contribution is 6.35. The summed E-state index contributed by atoms with van der Waals surface area (Å²) in [6, 6.07) is 10.8. The minimum atomic E-state index is -0.713. The quantitative estimate of drug-likeness (QED) is 0.657. The highest BCUT2D eigenvalue weighted by atomic mass is 35.5. The fourth-order valence-corrected chi connectivity index (χ4v) is 3.38. The monoisotopic (exact) mass is 464 g/mol. The van der Waals surface area contributed by atoms with Gasteiger partial charge in [0.1, 0.15) is 0 Å². The van der Waals surface area contributed by atoms with Crippen LogP contribution in [-0.2, 0) is 23.9 Å². The molecule has 8 nitrogen and oxygen atoms in total. The van der Waals surface area contributed by atoms with E-state index in [1.165, 1.54) is 36.3 Å². The van der Waals surface area contributed by atoms with Crippen LogP contribution in [0.5, 0.6) is 0 Å². The lowest BCUT2D eigenvalue weighted by atomic mass is 10.1. The predicted octanol–water partition coefficient (Wildman–Crippen LogP) is 3.31. The van der Waals surface area contributed by atoms with Gasteiger partial charge < -0.3 is 19.7 Å². The first-order valence-corrected chi connectivity index (χ1v) is 9.94. The minimum absolute atomic E-state index is 0.0423. The summed E-state index contributed by atoms with van der Waals surface area (Å²) in [4.78, 5) is 49.7. The standard InChI is InChI=1S/C21H18Cl2N2O6/c1-30-20(28)12-2-5-15(6-3-12)25-10-13(8-19(25)27)21(29)31-11-18(26)24-17-9-14(22)4-7-16(17)23/h2-7,9,13H,8,10-11H2,1H3,(H,24,26)/t13-/m1/s1. The van der Waals surface area contributed by atoms with Gasteiger partial charge in [-0.15, -0.1) is 0 Å². The molecule has 0 bridgehead atoms. The van der Waals surface area contributed by atoms with E-state index >= 15 is 0 Å². The molecular formula is C21H18Cl2N2O6. The Labute approximate surface area is 188 Å². The molecule has 1 saturated heterocycles. The van der Waals surface area contributed by atoms with Crippen LogP contribution >= 0.6 is 23.2 Å². The van der Waals surface area contributed by atoms with Crippen molar-refractivity contribution in [1.82, 2.24) is 0 Å². The van der Waals surface area contributed by atoms with Gasteiger partial charge in [0.05, 0.1) is 29.3 Å². The van der Waals surface area contributed by atoms with Gasteiger partial charge in [-0.25, -0.2) is 4.79 Å². The molecule has 0 spiro atoms. The minimum Gasteiger partial charge on any atom is -0.465 e. The molecule has 1 atom stereocenters. The van der Waals surface area contributed by atoms with Crippen molar-refractivity contribution >= 4 is 58.3 Å². The SMILES string of the molecule is COC(=O)c1ccc(N2C[C@H](C(=O)OCC(=O)Nc3cc(Cl)ccc3Cl)CC2=O)cc1. The Morgan fingerprint density at radius 3 is 2.52 bits per heavy atom. The van der Waals surface area contributed by atoms with E-state index in [4.69, 9.17) is 27.9 Å². The van der Waals surface area contributed by atoms with Crippen LogP contribution in [0.15, 0.2) is 42.5 Å². The van der Waals surface area contributed by atoms with Crippen molar-refractivity contribution < 1.29 is 28.7 Å². The van der Waals surface area contributed by atoms with Gasteiger partial charge in [-0.3, -0.25) is 14.4 Å². The number of nitrogens with zero attached hydrogens (tertiary/aromatic N) is 1. The zero-order valence-electron chi connectivity index (χ0n) is 16.4. The number of anilines is 2. The maximum Gasteiger partial charge on any atom is 0.337 e. The van der Waals surface area contributed by atoms with Crippen LogP contribution < -0.4 is 10.2 Å². The summed E-state index contributed by atoms with van der Waals surface area (Å²) in [6.45, 7) is -0.419. The number of rotatable bonds is 6. The fourth-order valence-electron chi connectivity index (χ4n) is 3.04. The first kappa shape index (κ1) is 22.6. The molecule has 0 aromatic heterocycles. The third-order valence-electron chi connectivity index (χ3n) is 4.61. The largest absolute Gasteiger partial charge is 0.465 e. The number of amides is 2. The lowest BCUT2D eigenvalue weighted by Gasteiger charge is -2.17. The zero-order valence-corrected chi connectivity index (χ0v) is 17.9. The molecule has 31 heavy (non-hydrogen) atoms. The summed E-state index contributed by atoms with van der Waals surface area (Å²) in [5.41, 5.74) is 1.19. The van der Waals surface area contributed by atoms with Gasteiger partial charge in [0.25, 0.3) is 5.91 Å². The Balaban J connectivity index is 1.54. The molecule has 0 radical (unpaired) electrons.